The first-order valence-corrected chi connectivity index (χ1v) is 7.09. The zero-order chi connectivity index (χ0) is 13.2. The molecule has 2 aromatic carbocycles. The molecule has 4 heteroatoms. The molecule has 3 rings (SSSR count). The van der Waals surface area contributed by atoms with Crippen molar-refractivity contribution in [2.45, 2.75) is 11.4 Å². The van der Waals surface area contributed by atoms with E-state index in [-0.39, 0.29) is 5.91 Å². The molecule has 96 valence electrons. The molecule has 0 radical (unpaired) electrons. The van der Waals surface area contributed by atoms with Gasteiger partial charge in [-0.1, -0.05) is 30.3 Å². The summed E-state index contributed by atoms with van der Waals surface area (Å²) in [4.78, 5) is 15.0. The van der Waals surface area contributed by atoms with Crippen LogP contribution in [0.15, 0.2) is 53.4 Å². The number of nitrogen functional groups attached to an aromatic ring is 1. The maximum absolute atomic E-state index is 12.1. The predicted octanol–water partition coefficient (Wildman–Crippen LogP) is 2.91. The van der Waals surface area contributed by atoms with Crippen molar-refractivity contribution in [1.82, 2.24) is 0 Å². The molecule has 0 spiro atoms. The minimum absolute atomic E-state index is 0.145. The molecule has 1 heterocycles. The highest BCUT2D eigenvalue weighted by atomic mass is 32.2. The maximum atomic E-state index is 12.1. The van der Waals surface area contributed by atoms with Gasteiger partial charge in [-0.05, 0) is 23.8 Å². The van der Waals surface area contributed by atoms with Gasteiger partial charge in [0.2, 0.25) is 5.91 Å². The van der Waals surface area contributed by atoms with Gasteiger partial charge in [0.15, 0.2) is 0 Å². The summed E-state index contributed by atoms with van der Waals surface area (Å²) in [6, 6.07) is 15.7. The van der Waals surface area contributed by atoms with Gasteiger partial charge in [-0.15, -0.1) is 11.8 Å². The van der Waals surface area contributed by atoms with Crippen molar-refractivity contribution in [2.75, 3.05) is 16.4 Å². The van der Waals surface area contributed by atoms with Gasteiger partial charge in [0.25, 0.3) is 0 Å². The zero-order valence-electron chi connectivity index (χ0n) is 10.4. The number of fused-ring (bicyclic) bond motifs is 1. The molecule has 0 fully saturated rings. The number of nitrogens with two attached hydrogens (primary N) is 1. The number of nitrogens with zero attached hydrogens (tertiary/aromatic N) is 1. The van der Waals surface area contributed by atoms with Crippen molar-refractivity contribution in [3.63, 3.8) is 0 Å². The molecule has 3 nitrogen and oxygen atoms in total. The number of hydrogen-bond donors (Lipinski definition) is 1. The van der Waals surface area contributed by atoms with Crippen LogP contribution >= 0.6 is 11.8 Å². The number of anilines is 2. The summed E-state index contributed by atoms with van der Waals surface area (Å²) in [7, 11) is 0. The molecule has 0 atom stereocenters. The van der Waals surface area contributed by atoms with Crippen LogP contribution in [0.2, 0.25) is 0 Å². The van der Waals surface area contributed by atoms with Crippen LogP contribution < -0.4 is 10.6 Å². The molecule has 0 aromatic heterocycles. The molecule has 0 saturated carbocycles. The highest BCUT2D eigenvalue weighted by Gasteiger charge is 2.24. The van der Waals surface area contributed by atoms with E-state index in [0.717, 1.165) is 21.8 Å². The lowest BCUT2D eigenvalue weighted by Crippen LogP contribution is -2.34. The Hall–Kier alpha value is -1.94. The highest BCUT2D eigenvalue weighted by Crippen LogP contribution is 2.37. The number of benzene rings is 2. The smallest absolute Gasteiger partial charge is 0.237 e. The van der Waals surface area contributed by atoms with E-state index in [1.54, 1.807) is 11.8 Å². The SMILES string of the molecule is Nc1ccc2c(c1)SCC(=O)N2Cc1ccccc1. The van der Waals surface area contributed by atoms with Crippen LogP contribution in [0.5, 0.6) is 0 Å². The number of thioether (sulfide) groups is 1. The lowest BCUT2D eigenvalue weighted by molar-refractivity contribution is -0.116. The molecule has 1 amide bonds. The van der Waals surface area contributed by atoms with Gasteiger partial charge in [-0.3, -0.25) is 4.79 Å². The second kappa shape index (κ2) is 4.97. The largest absolute Gasteiger partial charge is 0.399 e. The van der Waals surface area contributed by atoms with Gasteiger partial charge >= 0.3 is 0 Å². The number of rotatable bonds is 2. The van der Waals surface area contributed by atoms with E-state index in [4.69, 9.17) is 5.73 Å². The van der Waals surface area contributed by atoms with Crippen molar-refractivity contribution in [2.24, 2.45) is 0 Å². The van der Waals surface area contributed by atoms with Gasteiger partial charge in [0.1, 0.15) is 0 Å². The van der Waals surface area contributed by atoms with Gasteiger partial charge in [0.05, 0.1) is 18.0 Å². The number of amides is 1. The summed E-state index contributed by atoms with van der Waals surface area (Å²) in [5.74, 6) is 0.620. The Balaban J connectivity index is 1.95. The third-order valence-corrected chi connectivity index (χ3v) is 4.14. The van der Waals surface area contributed by atoms with Crippen LogP contribution in [-0.2, 0) is 11.3 Å². The number of hydrogen-bond acceptors (Lipinski definition) is 3. The molecule has 0 saturated heterocycles. The minimum atomic E-state index is 0.145. The van der Waals surface area contributed by atoms with E-state index in [2.05, 4.69) is 0 Å². The molecule has 19 heavy (non-hydrogen) atoms. The standard InChI is InChI=1S/C15H14N2OS/c16-12-6-7-13-14(8-12)19-10-15(18)17(13)9-11-4-2-1-3-5-11/h1-8H,9-10,16H2. The summed E-state index contributed by atoms with van der Waals surface area (Å²) in [5, 5.41) is 0. The second-order valence-electron chi connectivity index (χ2n) is 4.48. The topological polar surface area (TPSA) is 46.3 Å². The van der Waals surface area contributed by atoms with Crippen LogP contribution in [0.1, 0.15) is 5.56 Å². The van der Waals surface area contributed by atoms with Crippen molar-refractivity contribution in [3.05, 3.63) is 54.1 Å². The van der Waals surface area contributed by atoms with E-state index in [0.29, 0.717) is 12.3 Å². The van der Waals surface area contributed by atoms with Crippen molar-refractivity contribution >= 4 is 29.0 Å². The number of carbonyl (C=O) groups is 1. The summed E-state index contributed by atoms with van der Waals surface area (Å²) in [5.41, 5.74) is 8.62. The minimum Gasteiger partial charge on any atom is -0.399 e. The molecule has 0 aliphatic carbocycles. The quantitative estimate of drug-likeness (QED) is 0.853. The average Bonchev–Trinajstić information content (AvgIpc) is 2.43. The average molecular weight is 270 g/mol. The molecule has 0 unspecified atom stereocenters. The highest BCUT2D eigenvalue weighted by molar-refractivity contribution is 8.00. The number of carbonyl (C=O) groups excluding carboxylic acids is 1. The van der Waals surface area contributed by atoms with Crippen LogP contribution in [0.4, 0.5) is 11.4 Å². The Kier molecular flexibility index (Phi) is 3.17. The lowest BCUT2D eigenvalue weighted by Gasteiger charge is -2.29. The fourth-order valence-corrected chi connectivity index (χ4v) is 3.14. The van der Waals surface area contributed by atoms with E-state index in [1.807, 2.05) is 53.4 Å². The Bertz CT molecular complexity index is 613. The first-order valence-electron chi connectivity index (χ1n) is 6.10. The van der Waals surface area contributed by atoms with E-state index in [9.17, 15) is 4.79 Å². The van der Waals surface area contributed by atoms with Crippen molar-refractivity contribution < 1.29 is 4.79 Å². The normalized spacial score (nSPS) is 14.3. The Morgan fingerprint density at radius 2 is 1.95 bits per heavy atom. The van der Waals surface area contributed by atoms with Crippen molar-refractivity contribution in [3.8, 4) is 0 Å². The molecule has 2 aromatic rings. The summed E-state index contributed by atoms with van der Waals surface area (Å²) in [6.07, 6.45) is 0. The van der Waals surface area contributed by atoms with E-state index >= 15 is 0 Å². The van der Waals surface area contributed by atoms with Gasteiger partial charge < -0.3 is 10.6 Å². The zero-order valence-corrected chi connectivity index (χ0v) is 11.2. The monoisotopic (exact) mass is 270 g/mol. The Labute approximate surface area is 116 Å². The van der Waals surface area contributed by atoms with Crippen LogP contribution in [0.3, 0.4) is 0 Å². The second-order valence-corrected chi connectivity index (χ2v) is 5.50. The van der Waals surface area contributed by atoms with E-state index < -0.39 is 0 Å². The molecular formula is C15H14N2OS. The van der Waals surface area contributed by atoms with E-state index in [1.165, 1.54) is 0 Å². The van der Waals surface area contributed by atoms with Crippen molar-refractivity contribution in [1.29, 1.82) is 0 Å². The molecular weight excluding hydrogens is 256 g/mol. The first-order chi connectivity index (χ1) is 9.24. The van der Waals surface area contributed by atoms with Gasteiger partial charge in [-0.2, -0.15) is 0 Å². The van der Waals surface area contributed by atoms with Crippen LogP contribution in [-0.4, -0.2) is 11.7 Å². The summed E-state index contributed by atoms with van der Waals surface area (Å²) < 4.78 is 0. The maximum Gasteiger partial charge on any atom is 0.237 e. The lowest BCUT2D eigenvalue weighted by atomic mass is 10.2. The molecule has 1 aliphatic rings. The molecule has 2 N–H and O–H groups in total. The van der Waals surface area contributed by atoms with Crippen LogP contribution in [0, 0.1) is 0 Å². The predicted molar refractivity (Wildman–Crippen MR) is 79.2 cm³/mol. The summed E-state index contributed by atoms with van der Waals surface area (Å²) in [6.45, 7) is 0.608. The fourth-order valence-electron chi connectivity index (χ4n) is 2.16. The molecule has 1 aliphatic heterocycles. The first kappa shape index (κ1) is 12.1. The third-order valence-electron chi connectivity index (χ3n) is 3.11. The van der Waals surface area contributed by atoms with Gasteiger partial charge in [0, 0.05) is 10.6 Å². The Morgan fingerprint density at radius 3 is 2.74 bits per heavy atom. The fraction of sp³-hybridized carbons (Fsp3) is 0.133. The third kappa shape index (κ3) is 2.44. The molecule has 0 bridgehead atoms. The van der Waals surface area contributed by atoms with Gasteiger partial charge in [-0.25, -0.2) is 0 Å². The summed E-state index contributed by atoms with van der Waals surface area (Å²) >= 11 is 1.55. The Morgan fingerprint density at radius 1 is 1.16 bits per heavy atom. The van der Waals surface area contributed by atoms with Crippen LogP contribution in [0.25, 0.3) is 0 Å².